The van der Waals surface area contributed by atoms with Gasteiger partial charge < -0.3 is 10.5 Å². The van der Waals surface area contributed by atoms with Crippen LogP contribution in [0.1, 0.15) is 25.7 Å². The number of halogens is 2. The molecule has 3 nitrogen and oxygen atoms in total. The molecule has 1 rings (SSSR count). The molecule has 5 heteroatoms. The fourth-order valence-corrected chi connectivity index (χ4v) is 1.39. The Morgan fingerprint density at radius 2 is 2.25 bits per heavy atom. The third kappa shape index (κ3) is 2.64. The van der Waals surface area contributed by atoms with Crippen molar-refractivity contribution in [1.82, 2.24) is 0 Å². The zero-order valence-corrected chi connectivity index (χ0v) is 6.56. The molecule has 1 unspecified atom stereocenters. The van der Waals surface area contributed by atoms with Crippen LogP contribution >= 0.6 is 0 Å². The molecule has 0 heterocycles. The first-order valence-electron chi connectivity index (χ1n) is 3.83. The van der Waals surface area contributed by atoms with Crippen molar-refractivity contribution in [2.75, 3.05) is 0 Å². The highest BCUT2D eigenvalue weighted by Gasteiger charge is 2.37. The normalized spacial score (nSPS) is 28.0. The van der Waals surface area contributed by atoms with E-state index in [1.807, 2.05) is 0 Å². The number of primary amides is 1. The van der Waals surface area contributed by atoms with Gasteiger partial charge in [0.2, 0.25) is 0 Å². The van der Waals surface area contributed by atoms with Gasteiger partial charge >= 0.3 is 6.09 Å². The largest absolute Gasteiger partial charge is 0.446 e. The molecule has 0 spiro atoms. The lowest BCUT2D eigenvalue weighted by Crippen LogP contribution is -2.33. The van der Waals surface area contributed by atoms with E-state index in [4.69, 9.17) is 5.73 Å². The summed E-state index contributed by atoms with van der Waals surface area (Å²) in [5.74, 6) is -2.70. The van der Waals surface area contributed by atoms with Gasteiger partial charge in [0.25, 0.3) is 5.92 Å². The highest BCUT2D eigenvalue weighted by molar-refractivity contribution is 5.64. The van der Waals surface area contributed by atoms with Crippen LogP contribution in [0.3, 0.4) is 0 Å². The van der Waals surface area contributed by atoms with E-state index in [9.17, 15) is 13.6 Å². The van der Waals surface area contributed by atoms with Gasteiger partial charge in [-0.05, 0) is 12.8 Å². The maximum absolute atomic E-state index is 12.7. The van der Waals surface area contributed by atoms with Gasteiger partial charge in [-0.25, -0.2) is 13.6 Å². The number of nitrogens with two attached hydrogens (primary N) is 1. The Bertz CT molecular complexity index is 184. The number of carbonyl (C=O) groups is 1. The van der Waals surface area contributed by atoms with Crippen LogP contribution in [0.15, 0.2) is 0 Å². The molecule has 0 aromatic rings. The predicted molar refractivity (Wildman–Crippen MR) is 37.9 cm³/mol. The lowest BCUT2D eigenvalue weighted by atomic mass is 9.94. The van der Waals surface area contributed by atoms with Gasteiger partial charge in [0, 0.05) is 12.8 Å². The molecule has 1 aliphatic rings. The first-order valence-corrected chi connectivity index (χ1v) is 3.83. The minimum atomic E-state index is -2.70. The van der Waals surface area contributed by atoms with Crippen molar-refractivity contribution in [2.45, 2.75) is 37.7 Å². The quantitative estimate of drug-likeness (QED) is 0.665. The first kappa shape index (κ1) is 9.22. The molecule has 12 heavy (non-hydrogen) atoms. The number of rotatable bonds is 1. The van der Waals surface area contributed by atoms with E-state index < -0.39 is 24.5 Å². The lowest BCUT2D eigenvalue weighted by Gasteiger charge is -2.27. The molecule has 0 aromatic carbocycles. The minimum absolute atomic E-state index is 0.119. The summed E-state index contributed by atoms with van der Waals surface area (Å²) in [5, 5.41) is 0. The van der Waals surface area contributed by atoms with Gasteiger partial charge in [0.05, 0.1) is 0 Å². The van der Waals surface area contributed by atoms with Crippen molar-refractivity contribution in [3.8, 4) is 0 Å². The topological polar surface area (TPSA) is 52.3 Å². The molecule has 1 aliphatic carbocycles. The summed E-state index contributed by atoms with van der Waals surface area (Å²) in [5.41, 5.74) is 4.71. The van der Waals surface area contributed by atoms with Crippen LogP contribution in [-0.4, -0.2) is 18.1 Å². The Kier molecular flexibility index (Phi) is 2.49. The summed E-state index contributed by atoms with van der Waals surface area (Å²) in [6.45, 7) is 0. The van der Waals surface area contributed by atoms with E-state index in [2.05, 4.69) is 4.74 Å². The SMILES string of the molecule is NC(=O)OC1CCCC(F)(F)C1. The second-order valence-electron chi connectivity index (χ2n) is 3.01. The smallest absolute Gasteiger partial charge is 0.404 e. The van der Waals surface area contributed by atoms with Crippen LogP contribution in [0.2, 0.25) is 0 Å². The monoisotopic (exact) mass is 179 g/mol. The van der Waals surface area contributed by atoms with Crippen molar-refractivity contribution >= 4 is 6.09 Å². The number of carbonyl (C=O) groups excluding carboxylic acids is 1. The first-order chi connectivity index (χ1) is 5.49. The Morgan fingerprint density at radius 1 is 1.58 bits per heavy atom. The number of amides is 1. The third-order valence-electron chi connectivity index (χ3n) is 1.88. The number of ether oxygens (including phenoxy) is 1. The number of hydrogen-bond donors (Lipinski definition) is 1. The molecule has 0 bridgehead atoms. The van der Waals surface area contributed by atoms with E-state index in [0.29, 0.717) is 12.8 Å². The van der Waals surface area contributed by atoms with Gasteiger partial charge in [-0.15, -0.1) is 0 Å². The molecule has 1 amide bonds. The van der Waals surface area contributed by atoms with Gasteiger partial charge in [-0.2, -0.15) is 0 Å². The second-order valence-corrected chi connectivity index (χ2v) is 3.01. The standard InChI is InChI=1S/C7H11F2NO2/c8-7(9)3-1-2-5(4-7)12-6(10)11/h5H,1-4H2,(H2,10,11). The Balaban J connectivity index is 2.41. The summed E-state index contributed by atoms with van der Waals surface area (Å²) in [6, 6.07) is 0. The second kappa shape index (κ2) is 3.25. The van der Waals surface area contributed by atoms with Gasteiger partial charge in [0.15, 0.2) is 0 Å². The van der Waals surface area contributed by atoms with Crippen LogP contribution in [0.5, 0.6) is 0 Å². The summed E-state index contributed by atoms with van der Waals surface area (Å²) < 4.78 is 29.8. The van der Waals surface area contributed by atoms with Crippen LogP contribution in [0.25, 0.3) is 0 Å². The predicted octanol–water partition coefficient (Wildman–Crippen LogP) is 1.66. The fraction of sp³-hybridized carbons (Fsp3) is 0.857. The molecule has 1 saturated carbocycles. The zero-order valence-electron chi connectivity index (χ0n) is 6.56. The van der Waals surface area contributed by atoms with Crippen molar-refractivity contribution in [3.05, 3.63) is 0 Å². The van der Waals surface area contributed by atoms with Crippen LogP contribution in [0.4, 0.5) is 13.6 Å². The number of alkyl halides is 2. The molecule has 0 saturated heterocycles. The molecule has 1 fully saturated rings. The molecular formula is C7H11F2NO2. The summed E-state index contributed by atoms with van der Waals surface area (Å²) in [4.78, 5) is 10.2. The van der Waals surface area contributed by atoms with Gasteiger partial charge in [-0.3, -0.25) is 0 Å². The van der Waals surface area contributed by atoms with E-state index in [1.54, 1.807) is 0 Å². The highest BCUT2D eigenvalue weighted by atomic mass is 19.3. The molecule has 1 atom stereocenters. The molecular weight excluding hydrogens is 168 g/mol. The Morgan fingerprint density at radius 3 is 2.75 bits per heavy atom. The molecule has 70 valence electrons. The lowest BCUT2D eigenvalue weighted by molar-refractivity contribution is -0.0772. The number of hydrogen-bond acceptors (Lipinski definition) is 2. The van der Waals surface area contributed by atoms with E-state index >= 15 is 0 Å². The maximum Gasteiger partial charge on any atom is 0.404 e. The zero-order chi connectivity index (χ0) is 9.19. The average Bonchev–Trinajstić information content (AvgIpc) is 1.82. The van der Waals surface area contributed by atoms with Crippen LogP contribution in [0, 0.1) is 0 Å². The summed E-state index contributed by atoms with van der Waals surface area (Å²) in [7, 11) is 0. The summed E-state index contributed by atoms with van der Waals surface area (Å²) >= 11 is 0. The minimum Gasteiger partial charge on any atom is -0.446 e. The van der Waals surface area contributed by atoms with Gasteiger partial charge in [0.1, 0.15) is 6.10 Å². The van der Waals surface area contributed by atoms with Crippen molar-refractivity contribution in [1.29, 1.82) is 0 Å². The molecule has 0 radical (unpaired) electrons. The Labute approximate surface area is 68.9 Å². The fourth-order valence-electron chi connectivity index (χ4n) is 1.39. The average molecular weight is 179 g/mol. The molecule has 0 aromatic heterocycles. The van der Waals surface area contributed by atoms with Crippen molar-refractivity contribution in [2.24, 2.45) is 5.73 Å². The molecule has 0 aliphatic heterocycles. The highest BCUT2D eigenvalue weighted by Crippen LogP contribution is 2.34. The van der Waals surface area contributed by atoms with Crippen molar-refractivity contribution < 1.29 is 18.3 Å². The Hall–Kier alpha value is -0.870. The molecule has 2 N–H and O–H groups in total. The van der Waals surface area contributed by atoms with E-state index in [-0.39, 0.29) is 6.42 Å². The summed E-state index contributed by atoms with van der Waals surface area (Å²) in [6.07, 6.45) is -1.32. The third-order valence-corrected chi connectivity index (χ3v) is 1.88. The van der Waals surface area contributed by atoms with Gasteiger partial charge in [-0.1, -0.05) is 0 Å². The van der Waals surface area contributed by atoms with E-state index in [1.165, 1.54) is 0 Å². The van der Waals surface area contributed by atoms with Crippen LogP contribution < -0.4 is 5.73 Å². The van der Waals surface area contributed by atoms with Crippen LogP contribution in [-0.2, 0) is 4.74 Å². The maximum atomic E-state index is 12.7. The van der Waals surface area contributed by atoms with Crippen molar-refractivity contribution in [3.63, 3.8) is 0 Å². The van der Waals surface area contributed by atoms with E-state index in [0.717, 1.165) is 0 Å².